The molecule has 2 heterocycles. The topological polar surface area (TPSA) is 105 Å². The zero-order valence-corrected chi connectivity index (χ0v) is 11.4. The maximum Gasteiger partial charge on any atom is 0.272 e. The third-order valence-electron chi connectivity index (χ3n) is 3.72. The first kappa shape index (κ1) is 14.2. The maximum absolute atomic E-state index is 12.3. The van der Waals surface area contributed by atoms with Gasteiger partial charge in [0.25, 0.3) is 5.56 Å². The summed E-state index contributed by atoms with van der Waals surface area (Å²) in [5, 5.41) is 28.8. The molecule has 3 rings (SSSR count). The fourth-order valence-corrected chi connectivity index (χ4v) is 2.56. The van der Waals surface area contributed by atoms with E-state index >= 15 is 0 Å². The van der Waals surface area contributed by atoms with Crippen molar-refractivity contribution in [3.05, 3.63) is 40.3 Å². The second kappa shape index (κ2) is 5.19. The Hall–Kier alpha value is -1.80. The molecule has 0 radical (unpaired) electrons. The summed E-state index contributed by atoms with van der Waals surface area (Å²) < 4.78 is 6.55. The summed E-state index contributed by atoms with van der Waals surface area (Å²) in [6, 6.07) is 7.13. The van der Waals surface area contributed by atoms with Crippen LogP contribution in [0.1, 0.15) is 5.69 Å². The van der Waals surface area contributed by atoms with Crippen LogP contribution in [0.4, 0.5) is 0 Å². The summed E-state index contributed by atoms with van der Waals surface area (Å²) in [5.74, 6) is 0. The molecular formula is C14H16N2O5. The van der Waals surface area contributed by atoms with Crippen molar-refractivity contribution in [1.29, 1.82) is 0 Å². The lowest BCUT2D eigenvalue weighted by atomic mass is 10.1. The van der Waals surface area contributed by atoms with E-state index in [1.165, 1.54) is 4.57 Å². The van der Waals surface area contributed by atoms with Crippen LogP contribution in [0, 0.1) is 6.92 Å². The minimum absolute atomic E-state index is 0.0258. The van der Waals surface area contributed by atoms with E-state index in [-0.39, 0.29) is 12.1 Å². The molecule has 2 aromatic rings. The Bertz CT molecular complexity index is 729. The molecule has 0 amide bonds. The second-order valence-corrected chi connectivity index (χ2v) is 5.15. The Labute approximate surface area is 120 Å². The zero-order valence-electron chi connectivity index (χ0n) is 11.4. The molecule has 21 heavy (non-hydrogen) atoms. The highest BCUT2D eigenvalue weighted by Gasteiger charge is 2.42. The number of aryl methyl sites for hydroxylation is 1. The highest BCUT2D eigenvalue weighted by Crippen LogP contribution is 2.21. The lowest BCUT2D eigenvalue weighted by Gasteiger charge is -2.17. The predicted octanol–water partition coefficient (Wildman–Crippen LogP) is -0.856. The van der Waals surface area contributed by atoms with Gasteiger partial charge in [0.05, 0.1) is 17.6 Å². The van der Waals surface area contributed by atoms with Crippen LogP contribution in [0.15, 0.2) is 29.1 Å². The van der Waals surface area contributed by atoms with Gasteiger partial charge in [-0.2, -0.15) is 0 Å². The first-order valence-corrected chi connectivity index (χ1v) is 6.65. The number of hydrogen-bond acceptors (Lipinski definition) is 6. The minimum atomic E-state index is -1.45. The van der Waals surface area contributed by atoms with Crippen molar-refractivity contribution in [3.8, 4) is 0 Å². The standard InChI is InChI=1S/C14H16N2O5/c1-7-13(19)16(9-5-3-2-4-8(9)15-7)6-10-11(17)12(18)14(20)21-10/h2-5,10-12,14,17-18,20H,6H2,1H3/t10-,11-,12-,14-/m1/s1. The number of fused-ring (bicyclic) bond motifs is 1. The number of ether oxygens (including phenoxy) is 1. The molecule has 112 valence electrons. The van der Waals surface area contributed by atoms with E-state index in [2.05, 4.69) is 4.98 Å². The van der Waals surface area contributed by atoms with Gasteiger partial charge in [-0.25, -0.2) is 4.98 Å². The fraction of sp³-hybridized carbons (Fsp3) is 0.429. The molecule has 1 saturated heterocycles. The minimum Gasteiger partial charge on any atom is -0.387 e. The van der Waals surface area contributed by atoms with Gasteiger partial charge in [-0.3, -0.25) is 4.79 Å². The summed E-state index contributed by atoms with van der Waals surface area (Å²) >= 11 is 0. The number of benzene rings is 1. The van der Waals surface area contributed by atoms with E-state index in [1.807, 2.05) is 6.07 Å². The molecule has 1 aromatic carbocycles. The van der Waals surface area contributed by atoms with Gasteiger partial charge >= 0.3 is 0 Å². The number of hydrogen-bond donors (Lipinski definition) is 3. The molecule has 4 atom stereocenters. The van der Waals surface area contributed by atoms with Crippen LogP contribution in [0.25, 0.3) is 11.0 Å². The molecular weight excluding hydrogens is 276 g/mol. The van der Waals surface area contributed by atoms with Gasteiger partial charge in [-0.15, -0.1) is 0 Å². The average Bonchev–Trinajstić information content (AvgIpc) is 2.71. The molecule has 0 unspecified atom stereocenters. The third kappa shape index (κ3) is 2.34. The second-order valence-electron chi connectivity index (χ2n) is 5.15. The molecule has 1 aliphatic rings. The number of aromatic nitrogens is 2. The van der Waals surface area contributed by atoms with Crippen LogP contribution >= 0.6 is 0 Å². The summed E-state index contributed by atoms with van der Waals surface area (Å²) in [7, 11) is 0. The van der Waals surface area contributed by atoms with Crippen LogP contribution < -0.4 is 5.56 Å². The van der Waals surface area contributed by atoms with Gasteiger partial charge in [0.1, 0.15) is 24.0 Å². The number of aliphatic hydroxyl groups is 3. The summed E-state index contributed by atoms with van der Waals surface area (Å²) in [6.45, 7) is 1.64. The zero-order chi connectivity index (χ0) is 15.1. The van der Waals surface area contributed by atoms with Crippen molar-refractivity contribution in [3.63, 3.8) is 0 Å². The molecule has 1 aliphatic heterocycles. The third-order valence-corrected chi connectivity index (χ3v) is 3.72. The van der Waals surface area contributed by atoms with Crippen LogP contribution in [0.3, 0.4) is 0 Å². The van der Waals surface area contributed by atoms with Crippen molar-refractivity contribution in [2.75, 3.05) is 0 Å². The first-order valence-electron chi connectivity index (χ1n) is 6.65. The highest BCUT2D eigenvalue weighted by atomic mass is 16.6. The number of para-hydroxylation sites is 2. The summed E-state index contributed by atoms with van der Waals surface area (Å²) in [5.41, 5.74) is 1.31. The van der Waals surface area contributed by atoms with Gasteiger partial charge in [0.2, 0.25) is 0 Å². The monoisotopic (exact) mass is 292 g/mol. The molecule has 3 N–H and O–H groups in total. The lowest BCUT2D eigenvalue weighted by Crippen LogP contribution is -2.37. The molecule has 7 heteroatoms. The summed E-state index contributed by atoms with van der Waals surface area (Å²) in [6.07, 6.45) is -4.94. The SMILES string of the molecule is Cc1nc2ccccc2n(C[C@H]2O[C@@H](O)[C@H](O)[C@@H]2O)c1=O. The number of nitrogens with zero attached hydrogens (tertiary/aromatic N) is 2. The number of rotatable bonds is 2. The van der Waals surface area contributed by atoms with E-state index in [0.29, 0.717) is 16.7 Å². The Balaban J connectivity index is 2.05. The average molecular weight is 292 g/mol. The Morgan fingerprint density at radius 2 is 1.95 bits per heavy atom. The highest BCUT2D eigenvalue weighted by molar-refractivity contribution is 5.74. The van der Waals surface area contributed by atoms with E-state index in [4.69, 9.17) is 4.74 Å². The molecule has 0 spiro atoms. The van der Waals surface area contributed by atoms with Crippen LogP contribution in [0.2, 0.25) is 0 Å². The summed E-state index contributed by atoms with van der Waals surface area (Å²) in [4.78, 5) is 16.5. The Kier molecular flexibility index (Phi) is 3.50. The quantitative estimate of drug-likeness (QED) is 0.665. The Morgan fingerprint density at radius 3 is 2.62 bits per heavy atom. The molecule has 1 aromatic heterocycles. The van der Waals surface area contributed by atoms with Crippen molar-refractivity contribution < 1.29 is 20.1 Å². The van der Waals surface area contributed by atoms with Crippen LogP contribution in [-0.2, 0) is 11.3 Å². The van der Waals surface area contributed by atoms with Gasteiger partial charge in [-0.05, 0) is 19.1 Å². The van der Waals surface area contributed by atoms with Crippen molar-refractivity contribution >= 4 is 11.0 Å². The van der Waals surface area contributed by atoms with Gasteiger partial charge in [-0.1, -0.05) is 12.1 Å². The molecule has 0 aliphatic carbocycles. The van der Waals surface area contributed by atoms with Crippen LogP contribution in [-0.4, -0.2) is 49.5 Å². The van der Waals surface area contributed by atoms with Gasteiger partial charge in [0.15, 0.2) is 6.29 Å². The largest absolute Gasteiger partial charge is 0.387 e. The normalized spacial score (nSPS) is 29.1. The van der Waals surface area contributed by atoms with E-state index in [1.54, 1.807) is 25.1 Å². The van der Waals surface area contributed by atoms with Crippen molar-refractivity contribution in [1.82, 2.24) is 9.55 Å². The first-order chi connectivity index (χ1) is 9.99. The van der Waals surface area contributed by atoms with E-state index in [0.717, 1.165) is 0 Å². The molecule has 0 bridgehead atoms. The lowest BCUT2D eigenvalue weighted by molar-refractivity contribution is -0.128. The fourth-order valence-electron chi connectivity index (χ4n) is 2.56. The Morgan fingerprint density at radius 1 is 1.24 bits per heavy atom. The predicted molar refractivity (Wildman–Crippen MR) is 73.6 cm³/mol. The molecule has 7 nitrogen and oxygen atoms in total. The van der Waals surface area contributed by atoms with E-state index in [9.17, 15) is 20.1 Å². The van der Waals surface area contributed by atoms with Gasteiger partial charge < -0.3 is 24.6 Å². The molecule has 0 saturated carbocycles. The van der Waals surface area contributed by atoms with Gasteiger partial charge in [0, 0.05) is 0 Å². The van der Waals surface area contributed by atoms with Crippen molar-refractivity contribution in [2.24, 2.45) is 0 Å². The van der Waals surface area contributed by atoms with E-state index < -0.39 is 24.6 Å². The maximum atomic E-state index is 12.3. The van der Waals surface area contributed by atoms with Crippen LogP contribution in [0.5, 0.6) is 0 Å². The molecule has 1 fully saturated rings. The smallest absolute Gasteiger partial charge is 0.272 e. The number of aliphatic hydroxyl groups excluding tert-OH is 3. The van der Waals surface area contributed by atoms with Crippen molar-refractivity contribution in [2.45, 2.75) is 38.1 Å².